The lowest BCUT2D eigenvalue weighted by Crippen LogP contribution is -2.46. The Hall–Kier alpha value is -1.35. The maximum atomic E-state index is 12.6. The van der Waals surface area contributed by atoms with Gasteiger partial charge in [0.05, 0.1) is 5.54 Å². The number of nitrogens with two attached hydrogens (primary N) is 1. The highest BCUT2D eigenvalue weighted by atomic mass is 16.2. The van der Waals surface area contributed by atoms with Crippen LogP contribution in [0.25, 0.3) is 0 Å². The van der Waals surface area contributed by atoms with Crippen LogP contribution < -0.4 is 11.1 Å². The van der Waals surface area contributed by atoms with E-state index in [-0.39, 0.29) is 23.4 Å². The van der Waals surface area contributed by atoms with Gasteiger partial charge in [-0.15, -0.1) is 0 Å². The van der Waals surface area contributed by atoms with Crippen LogP contribution in [0.3, 0.4) is 0 Å². The Balaban J connectivity index is 1.80. The molecule has 0 aliphatic heterocycles. The van der Waals surface area contributed by atoms with Crippen molar-refractivity contribution in [2.24, 2.45) is 11.7 Å². The zero-order valence-electron chi connectivity index (χ0n) is 12.9. The van der Waals surface area contributed by atoms with E-state index >= 15 is 0 Å². The summed E-state index contributed by atoms with van der Waals surface area (Å²) in [5.41, 5.74) is 8.35. The van der Waals surface area contributed by atoms with Gasteiger partial charge in [0.15, 0.2) is 0 Å². The van der Waals surface area contributed by atoms with E-state index in [0.717, 1.165) is 32.1 Å². The van der Waals surface area contributed by atoms with Crippen LogP contribution in [0.15, 0.2) is 24.3 Å². The highest BCUT2D eigenvalue weighted by molar-refractivity contribution is 5.80. The fourth-order valence-electron chi connectivity index (χ4n) is 4.00. The number of hydrogen-bond acceptors (Lipinski definition) is 2. The Morgan fingerprint density at radius 1 is 1.29 bits per heavy atom. The van der Waals surface area contributed by atoms with Gasteiger partial charge in [0, 0.05) is 12.0 Å². The molecule has 2 fully saturated rings. The number of aryl methyl sites for hydroxylation is 1. The van der Waals surface area contributed by atoms with Gasteiger partial charge >= 0.3 is 0 Å². The third-order valence-corrected chi connectivity index (χ3v) is 5.23. The third kappa shape index (κ3) is 2.98. The number of amides is 1. The zero-order chi connectivity index (χ0) is 14.9. The molecule has 0 radical (unpaired) electrons. The van der Waals surface area contributed by atoms with Gasteiger partial charge in [-0.05, 0) is 44.6 Å². The quantitative estimate of drug-likeness (QED) is 0.897. The lowest BCUT2D eigenvalue weighted by molar-refractivity contribution is -0.127. The van der Waals surface area contributed by atoms with Crippen LogP contribution in [0.4, 0.5) is 0 Å². The molecule has 3 N–H and O–H groups in total. The van der Waals surface area contributed by atoms with Crippen molar-refractivity contribution in [1.29, 1.82) is 0 Å². The number of nitrogens with one attached hydrogen (secondary N) is 1. The molecule has 3 heteroatoms. The molecule has 2 unspecified atom stereocenters. The van der Waals surface area contributed by atoms with Crippen molar-refractivity contribution in [2.45, 2.75) is 63.5 Å². The van der Waals surface area contributed by atoms with E-state index < -0.39 is 0 Å². The fourth-order valence-corrected chi connectivity index (χ4v) is 4.00. The molecule has 2 saturated carbocycles. The second kappa shape index (κ2) is 5.80. The fraction of sp³-hybridized carbons (Fsp3) is 0.611. The van der Waals surface area contributed by atoms with E-state index in [9.17, 15) is 4.79 Å². The monoisotopic (exact) mass is 286 g/mol. The van der Waals surface area contributed by atoms with Crippen LogP contribution in [0.1, 0.15) is 56.1 Å². The van der Waals surface area contributed by atoms with E-state index in [4.69, 9.17) is 5.73 Å². The Kier molecular flexibility index (Phi) is 4.03. The molecule has 0 bridgehead atoms. The van der Waals surface area contributed by atoms with E-state index in [0.29, 0.717) is 0 Å². The highest BCUT2D eigenvalue weighted by Gasteiger charge is 2.39. The smallest absolute Gasteiger partial charge is 0.223 e. The lowest BCUT2D eigenvalue weighted by atomic mass is 9.86. The topological polar surface area (TPSA) is 55.1 Å². The first kappa shape index (κ1) is 14.6. The minimum absolute atomic E-state index is 0.113. The first-order valence-corrected chi connectivity index (χ1v) is 8.24. The summed E-state index contributed by atoms with van der Waals surface area (Å²) >= 11 is 0. The maximum Gasteiger partial charge on any atom is 0.223 e. The molecule has 0 heterocycles. The molecular weight excluding hydrogens is 260 g/mol. The molecule has 1 aromatic rings. The van der Waals surface area contributed by atoms with Crippen molar-refractivity contribution in [3.63, 3.8) is 0 Å². The molecule has 3 nitrogen and oxygen atoms in total. The summed E-state index contributed by atoms with van der Waals surface area (Å²) in [6, 6.07) is 8.82. The molecule has 3 rings (SSSR count). The van der Waals surface area contributed by atoms with Crippen LogP contribution in [0, 0.1) is 12.8 Å². The number of carbonyl (C=O) groups excluding carboxylic acids is 1. The van der Waals surface area contributed by atoms with Crippen LogP contribution in [-0.4, -0.2) is 11.9 Å². The first-order chi connectivity index (χ1) is 10.1. The van der Waals surface area contributed by atoms with Gasteiger partial charge in [-0.3, -0.25) is 4.79 Å². The second-order valence-electron chi connectivity index (χ2n) is 6.92. The Bertz CT molecular complexity index is 520. The van der Waals surface area contributed by atoms with Gasteiger partial charge < -0.3 is 11.1 Å². The molecule has 2 atom stereocenters. The predicted molar refractivity (Wildman–Crippen MR) is 84.8 cm³/mol. The summed E-state index contributed by atoms with van der Waals surface area (Å²) in [5, 5.41) is 3.40. The SMILES string of the molecule is Cc1cccc(C2(NC(=O)C3CCC(N)C3)CCCC2)c1. The molecule has 0 saturated heterocycles. The molecule has 0 spiro atoms. The summed E-state index contributed by atoms with van der Waals surface area (Å²) in [7, 11) is 0. The number of carbonyl (C=O) groups is 1. The van der Waals surface area contributed by atoms with Crippen LogP contribution >= 0.6 is 0 Å². The summed E-state index contributed by atoms with van der Waals surface area (Å²) in [6.07, 6.45) is 7.26. The normalized spacial score (nSPS) is 27.7. The first-order valence-electron chi connectivity index (χ1n) is 8.24. The zero-order valence-corrected chi connectivity index (χ0v) is 12.9. The van der Waals surface area contributed by atoms with Gasteiger partial charge in [0.1, 0.15) is 0 Å². The Morgan fingerprint density at radius 3 is 2.67 bits per heavy atom. The average Bonchev–Trinajstić information content (AvgIpc) is 3.09. The molecule has 114 valence electrons. The molecular formula is C18H26N2O. The summed E-state index contributed by atoms with van der Waals surface area (Å²) in [6.45, 7) is 2.12. The van der Waals surface area contributed by atoms with Gasteiger partial charge in [0.25, 0.3) is 0 Å². The second-order valence-corrected chi connectivity index (χ2v) is 6.92. The average molecular weight is 286 g/mol. The number of rotatable bonds is 3. The summed E-state index contributed by atoms with van der Waals surface area (Å²) < 4.78 is 0. The van der Waals surface area contributed by atoms with E-state index in [1.54, 1.807) is 0 Å². The predicted octanol–water partition coefficient (Wildman–Crippen LogP) is 3.01. The van der Waals surface area contributed by atoms with Crippen molar-refractivity contribution < 1.29 is 4.79 Å². The Morgan fingerprint density at radius 2 is 2.05 bits per heavy atom. The van der Waals surface area contributed by atoms with Gasteiger partial charge in [-0.2, -0.15) is 0 Å². The largest absolute Gasteiger partial charge is 0.346 e. The molecule has 1 aromatic carbocycles. The van der Waals surface area contributed by atoms with E-state index in [2.05, 4.69) is 36.5 Å². The maximum absolute atomic E-state index is 12.6. The molecule has 2 aliphatic carbocycles. The van der Waals surface area contributed by atoms with Crippen molar-refractivity contribution in [1.82, 2.24) is 5.32 Å². The van der Waals surface area contributed by atoms with Crippen molar-refractivity contribution >= 4 is 5.91 Å². The third-order valence-electron chi connectivity index (χ3n) is 5.23. The molecule has 0 aromatic heterocycles. The van der Waals surface area contributed by atoms with E-state index in [1.807, 2.05) is 0 Å². The minimum atomic E-state index is -0.143. The van der Waals surface area contributed by atoms with E-state index in [1.165, 1.54) is 24.0 Å². The number of hydrogen-bond donors (Lipinski definition) is 2. The van der Waals surface area contributed by atoms with Crippen molar-refractivity contribution in [2.75, 3.05) is 0 Å². The van der Waals surface area contributed by atoms with Crippen LogP contribution in [0.5, 0.6) is 0 Å². The number of benzene rings is 1. The highest BCUT2D eigenvalue weighted by Crippen LogP contribution is 2.40. The van der Waals surface area contributed by atoms with Crippen molar-refractivity contribution in [3.8, 4) is 0 Å². The minimum Gasteiger partial charge on any atom is -0.346 e. The van der Waals surface area contributed by atoms with Crippen LogP contribution in [0.2, 0.25) is 0 Å². The molecule has 2 aliphatic rings. The van der Waals surface area contributed by atoms with Gasteiger partial charge in [-0.25, -0.2) is 0 Å². The molecule has 1 amide bonds. The molecule has 21 heavy (non-hydrogen) atoms. The van der Waals surface area contributed by atoms with Crippen molar-refractivity contribution in [3.05, 3.63) is 35.4 Å². The summed E-state index contributed by atoms with van der Waals surface area (Å²) in [4.78, 5) is 12.6. The van der Waals surface area contributed by atoms with Crippen LogP contribution in [-0.2, 0) is 10.3 Å². The standard InChI is InChI=1S/C18H26N2O/c1-13-5-4-6-15(11-13)18(9-2-3-10-18)20-17(21)14-7-8-16(19)12-14/h4-6,11,14,16H,2-3,7-10,12,19H2,1H3,(H,20,21). The summed E-state index contributed by atoms with van der Waals surface area (Å²) in [5.74, 6) is 0.327. The Labute approximate surface area is 127 Å². The van der Waals surface area contributed by atoms with Gasteiger partial charge in [0.2, 0.25) is 5.91 Å². The van der Waals surface area contributed by atoms with Gasteiger partial charge in [-0.1, -0.05) is 42.7 Å². The lowest BCUT2D eigenvalue weighted by Gasteiger charge is -2.32.